The van der Waals surface area contributed by atoms with Crippen molar-refractivity contribution in [3.05, 3.63) is 78.5 Å². The zero-order valence-corrected chi connectivity index (χ0v) is 18.9. The molecule has 1 fully saturated rings. The van der Waals surface area contributed by atoms with Gasteiger partial charge in [-0.05, 0) is 61.2 Å². The van der Waals surface area contributed by atoms with Crippen LogP contribution in [0.1, 0.15) is 30.1 Å². The highest BCUT2D eigenvalue weighted by molar-refractivity contribution is 6.04. The summed E-state index contributed by atoms with van der Waals surface area (Å²) >= 11 is 0. The number of amides is 2. The van der Waals surface area contributed by atoms with Crippen LogP contribution in [0.5, 0.6) is 5.88 Å². The SMILES string of the molecule is CC1CCN(c2ccc(C(=O)Nc3ccc(OC(=O)N(C)c4ccccc4)nc3)cc2)CC1. The van der Waals surface area contributed by atoms with Crippen LogP contribution in [0.25, 0.3) is 0 Å². The fraction of sp³-hybridized carbons (Fsp3) is 0.269. The molecular formula is C26H28N4O3. The molecule has 7 heteroatoms. The third-order valence-corrected chi connectivity index (χ3v) is 5.88. The van der Waals surface area contributed by atoms with Crippen LogP contribution in [0.3, 0.4) is 0 Å². The van der Waals surface area contributed by atoms with E-state index in [0.29, 0.717) is 16.9 Å². The van der Waals surface area contributed by atoms with Gasteiger partial charge in [-0.15, -0.1) is 0 Å². The summed E-state index contributed by atoms with van der Waals surface area (Å²) in [5.74, 6) is 0.713. The number of ether oxygens (including phenoxy) is 1. The minimum absolute atomic E-state index is 0.154. The predicted molar refractivity (Wildman–Crippen MR) is 130 cm³/mol. The smallest absolute Gasteiger partial charge is 0.391 e. The van der Waals surface area contributed by atoms with Crippen LogP contribution in [0.4, 0.5) is 21.9 Å². The molecule has 4 rings (SSSR count). The molecule has 2 heterocycles. The summed E-state index contributed by atoms with van der Waals surface area (Å²) in [6.45, 7) is 4.40. The first-order valence-corrected chi connectivity index (χ1v) is 11.1. The summed E-state index contributed by atoms with van der Waals surface area (Å²) in [6.07, 6.45) is 3.31. The minimum atomic E-state index is -0.547. The first kappa shape index (κ1) is 22.3. The van der Waals surface area contributed by atoms with Crippen LogP contribution >= 0.6 is 0 Å². The van der Waals surface area contributed by atoms with Crippen LogP contribution in [0.15, 0.2) is 72.9 Å². The van der Waals surface area contributed by atoms with Crippen LogP contribution in [-0.4, -0.2) is 37.1 Å². The second-order valence-electron chi connectivity index (χ2n) is 8.32. The molecule has 1 saturated heterocycles. The van der Waals surface area contributed by atoms with Crippen molar-refractivity contribution in [2.75, 3.05) is 35.3 Å². The Morgan fingerprint density at radius 2 is 1.70 bits per heavy atom. The van der Waals surface area contributed by atoms with E-state index in [9.17, 15) is 9.59 Å². The number of anilines is 3. The number of carbonyl (C=O) groups is 2. The topological polar surface area (TPSA) is 74.8 Å². The summed E-state index contributed by atoms with van der Waals surface area (Å²) < 4.78 is 5.31. The van der Waals surface area contributed by atoms with Crippen molar-refractivity contribution in [3.63, 3.8) is 0 Å². The number of carbonyl (C=O) groups excluding carboxylic acids is 2. The lowest BCUT2D eigenvalue weighted by atomic mass is 9.98. The zero-order valence-electron chi connectivity index (χ0n) is 18.9. The lowest BCUT2D eigenvalue weighted by molar-refractivity contribution is 0.102. The molecule has 0 radical (unpaired) electrons. The number of benzene rings is 2. The summed E-state index contributed by atoms with van der Waals surface area (Å²) in [5.41, 5.74) is 2.95. The van der Waals surface area contributed by atoms with Gasteiger partial charge >= 0.3 is 6.09 Å². The standard InChI is InChI=1S/C26H28N4O3/c1-19-14-16-30(17-15-19)23-11-8-20(9-12-23)25(31)28-21-10-13-24(27-18-21)33-26(32)29(2)22-6-4-3-5-7-22/h3-13,18-19H,14-17H2,1-2H3,(H,28,31). The third kappa shape index (κ3) is 5.68. The summed E-state index contributed by atoms with van der Waals surface area (Å²) in [6, 6.07) is 20.1. The van der Waals surface area contributed by atoms with Crippen molar-refractivity contribution in [1.29, 1.82) is 0 Å². The van der Waals surface area contributed by atoms with Gasteiger partial charge in [-0.25, -0.2) is 9.78 Å². The summed E-state index contributed by atoms with van der Waals surface area (Å²) in [5, 5.41) is 2.83. The number of piperidine rings is 1. The largest absolute Gasteiger partial charge is 0.420 e. The van der Waals surface area contributed by atoms with E-state index < -0.39 is 6.09 Å². The molecule has 1 N–H and O–H groups in total. The fourth-order valence-corrected chi connectivity index (χ4v) is 3.72. The van der Waals surface area contributed by atoms with Gasteiger partial charge in [0.25, 0.3) is 5.91 Å². The number of aromatic nitrogens is 1. The molecule has 1 aromatic heterocycles. The second kappa shape index (κ2) is 10.2. The Morgan fingerprint density at radius 3 is 2.33 bits per heavy atom. The maximum Gasteiger partial charge on any atom is 0.420 e. The first-order valence-electron chi connectivity index (χ1n) is 11.1. The van der Waals surface area contributed by atoms with Crippen molar-refractivity contribution in [1.82, 2.24) is 4.98 Å². The van der Waals surface area contributed by atoms with Crippen molar-refractivity contribution in [2.24, 2.45) is 5.92 Å². The lowest BCUT2D eigenvalue weighted by Gasteiger charge is -2.32. The number of rotatable bonds is 5. The predicted octanol–water partition coefficient (Wildman–Crippen LogP) is 5.21. The number of nitrogens with one attached hydrogen (secondary N) is 1. The Hall–Kier alpha value is -3.87. The maximum absolute atomic E-state index is 12.6. The monoisotopic (exact) mass is 444 g/mol. The van der Waals surface area contributed by atoms with Crippen molar-refractivity contribution in [3.8, 4) is 5.88 Å². The van der Waals surface area contributed by atoms with E-state index >= 15 is 0 Å². The van der Waals surface area contributed by atoms with Gasteiger partial charge in [0.2, 0.25) is 5.88 Å². The Balaban J connectivity index is 1.32. The Kier molecular flexibility index (Phi) is 6.88. The molecule has 1 aliphatic heterocycles. The molecule has 0 aliphatic carbocycles. The number of pyridine rings is 1. The zero-order chi connectivity index (χ0) is 23.2. The first-order chi connectivity index (χ1) is 16.0. The minimum Gasteiger partial charge on any atom is -0.391 e. The van der Waals surface area contributed by atoms with Crippen LogP contribution in [0.2, 0.25) is 0 Å². The molecular weight excluding hydrogens is 416 g/mol. The summed E-state index contributed by atoms with van der Waals surface area (Å²) in [7, 11) is 1.63. The highest BCUT2D eigenvalue weighted by atomic mass is 16.6. The van der Waals surface area contributed by atoms with Gasteiger partial charge < -0.3 is 15.0 Å². The van der Waals surface area contributed by atoms with Gasteiger partial charge in [0, 0.05) is 43.1 Å². The Morgan fingerprint density at radius 1 is 1.00 bits per heavy atom. The molecule has 0 saturated carbocycles. The molecule has 3 aromatic rings. The Labute approximate surface area is 194 Å². The van der Waals surface area contributed by atoms with Gasteiger partial charge in [-0.1, -0.05) is 25.1 Å². The van der Waals surface area contributed by atoms with Gasteiger partial charge in [0.15, 0.2) is 0 Å². The second-order valence-corrected chi connectivity index (χ2v) is 8.32. The van der Waals surface area contributed by atoms with E-state index in [-0.39, 0.29) is 11.8 Å². The summed E-state index contributed by atoms with van der Waals surface area (Å²) in [4.78, 5) is 32.8. The molecule has 0 spiro atoms. The molecule has 2 amide bonds. The molecule has 0 bridgehead atoms. The highest BCUT2D eigenvalue weighted by Crippen LogP contribution is 2.23. The molecule has 2 aromatic carbocycles. The Bertz CT molecular complexity index is 1080. The van der Waals surface area contributed by atoms with E-state index in [1.807, 2.05) is 54.6 Å². The van der Waals surface area contributed by atoms with Crippen LogP contribution in [-0.2, 0) is 0 Å². The number of nitrogens with zero attached hydrogens (tertiary/aromatic N) is 3. The quantitative estimate of drug-likeness (QED) is 0.585. The fourth-order valence-electron chi connectivity index (χ4n) is 3.72. The molecule has 170 valence electrons. The third-order valence-electron chi connectivity index (χ3n) is 5.88. The van der Waals surface area contributed by atoms with Crippen molar-refractivity contribution in [2.45, 2.75) is 19.8 Å². The molecule has 1 aliphatic rings. The van der Waals surface area contributed by atoms with Crippen LogP contribution in [0, 0.1) is 5.92 Å². The molecule has 0 unspecified atom stereocenters. The van der Waals surface area contributed by atoms with E-state index in [4.69, 9.17) is 4.74 Å². The van der Waals surface area contributed by atoms with Crippen LogP contribution < -0.4 is 19.9 Å². The number of hydrogen-bond donors (Lipinski definition) is 1. The molecule has 33 heavy (non-hydrogen) atoms. The van der Waals surface area contributed by atoms with Gasteiger partial charge in [-0.3, -0.25) is 9.69 Å². The molecule has 0 atom stereocenters. The average molecular weight is 445 g/mol. The van der Waals surface area contributed by atoms with E-state index in [2.05, 4.69) is 22.1 Å². The normalized spacial score (nSPS) is 13.9. The lowest BCUT2D eigenvalue weighted by Crippen LogP contribution is -2.32. The molecule has 7 nitrogen and oxygen atoms in total. The van der Waals surface area contributed by atoms with Gasteiger partial charge in [0.05, 0.1) is 11.9 Å². The van der Waals surface area contributed by atoms with Crippen molar-refractivity contribution < 1.29 is 14.3 Å². The number of hydrogen-bond acceptors (Lipinski definition) is 5. The average Bonchev–Trinajstić information content (AvgIpc) is 2.86. The van der Waals surface area contributed by atoms with Gasteiger partial charge in [0.1, 0.15) is 0 Å². The van der Waals surface area contributed by atoms with Gasteiger partial charge in [-0.2, -0.15) is 0 Å². The van der Waals surface area contributed by atoms with E-state index in [1.165, 1.54) is 23.9 Å². The van der Waals surface area contributed by atoms with E-state index in [0.717, 1.165) is 24.7 Å². The number of para-hydroxylation sites is 1. The van der Waals surface area contributed by atoms with E-state index in [1.54, 1.807) is 19.2 Å². The highest BCUT2D eigenvalue weighted by Gasteiger charge is 2.17. The maximum atomic E-state index is 12.6. The van der Waals surface area contributed by atoms with Crippen molar-refractivity contribution >= 4 is 29.1 Å².